The van der Waals surface area contributed by atoms with Gasteiger partial charge in [-0.05, 0) is 56.3 Å². The number of alkyl halides is 3. The summed E-state index contributed by atoms with van der Waals surface area (Å²) in [6, 6.07) is 8.92. The number of halogens is 3. The molecule has 1 N–H and O–H groups in total. The highest BCUT2D eigenvalue weighted by molar-refractivity contribution is 7.90. The number of carbonyl (C=O) groups is 1. The highest BCUT2D eigenvalue weighted by Crippen LogP contribution is 2.38. The second-order valence-electron chi connectivity index (χ2n) is 9.11. The molecule has 1 aromatic carbocycles. The lowest BCUT2D eigenvalue weighted by Crippen LogP contribution is -2.38. The Balaban J connectivity index is 1.40. The van der Waals surface area contributed by atoms with Crippen molar-refractivity contribution in [2.24, 2.45) is 0 Å². The van der Waals surface area contributed by atoms with Crippen LogP contribution in [0.1, 0.15) is 41.1 Å². The molecule has 4 rings (SSSR count). The quantitative estimate of drug-likeness (QED) is 0.351. The van der Waals surface area contributed by atoms with E-state index in [0.717, 1.165) is 12.1 Å². The van der Waals surface area contributed by atoms with E-state index >= 15 is 0 Å². The number of aromatic nitrogens is 3. The summed E-state index contributed by atoms with van der Waals surface area (Å²) < 4.78 is 84.6. The Morgan fingerprint density at radius 3 is 2.61 bits per heavy atom. The van der Waals surface area contributed by atoms with Gasteiger partial charge < -0.3 is 14.2 Å². The van der Waals surface area contributed by atoms with E-state index in [9.17, 15) is 26.4 Å². The standard InChI is InChI=1S/C26H28F3N5O6S/c1-18(22-7-6-20(17-30-22)40-24-4-2-9-31-32-24)39-23-8-5-19(16-21(23)26(27,28)29)25(35)33-41(36,37)15-3-10-34-11-13-38-14-12-34/h2,4-9,16-18H,3,10-15H2,1H3,(H,33,35). The summed E-state index contributed by atoms with van der Waals surface area (Å²) >= 11 is 0. The van der Waals surface area contributed by atoms with Gasteiger partial charge in [-0.15, -0.1) is 5.10 Å². The van der Waals surface area contributed by atoms with Gasteiger partial charge in [0.1, 0.15) is 17.6 Å². The number of sulfonamides is 1. The summed E-state index contributed by atoms with van der Waals surface area (Å²) in [5.41, 5.74) is -1.39. The fourth-order valence-electron chi connectivity index (χ4n) is 3.96. The normalized spacial score (nSPS) is 15.2. The zero-order valence-electron chi connectivity index (χ0n) is 22.0. The lowest BCUT2D eigenvalue weighted by atomic mass is 10.1. The monoisotopic (exact) mass is 595 g/mol. The summed E-state index contributed by atoms with van der Waals surface area (Å²) in [7, 11) is -4.06. The third-order valence-corrected chi connectivity index (χ3v) is 7.36. The van der Waals surface area contributed by atoms with E-state index < -0.39 is 45.1 Å². The van der Waals surface area contributed by atoms with Gasteiger partial charge >= 0.3 is 6.18 Å². The number of nitrogens with one attached hydrogen (secondary N) is 1. The zero-order chi connectivity index (χ0) is 29.5. The Morgan fingerprint density at radius 2 is 1.95 bits per heavy atom. The molecule has 1 unspecified atom stereocenters. The van der Waals surface area contributed by atoms with Crippen molar-refractivity contribution >= 4 is 15.9 Å². The Hall–Kier alpha value is -3.82. The van der Waals surface area contributed by atoms with Crippen molar-refractivity contribution in [1.82, 2.24) is 24.8 Å². The van der Waals surface area contributed by atoms with Crippen LogP contribution < -0.4 is 14.2 Å². The van der Waals surface area contributed by atoms with Crippen LogP contribution in [0.15, 0.2) is 54.9 Å². The van der Waals surface area contributed by atoms with Crippen molar-refractivity contribution in [3.63, 3.8) is 0 Å². The van der Waals surface area contributed by atoms with Gasteiger partial charge in [0.2, 0.25) is 15.9 Å². The van der Waals surface area contributed by atoms with Gasteiger partial charge in [0.15, 0.2) is 0 Å². The lowest BCUT2D eigenvalue weighted by Gasteiger charge is -2.26. The molecular formula is C26H28F3N5O6S. The van der Waals surface area contributed by atoms with Crippen LogP contribution in [0.5, 0.6) is 17.4 Å². The molecule has 0 radical (unpaired) electrons. The first-order valence-corrected chi connectivity index (χ1v) is 14.3. The van der Waals surface area contributed by atoms with Crippen LogP contribution in [0.3, 0.4) is 0 Å². The SMILES string of the molecule is CC(Oc1ccc(C(=O)NS(=O)(=O)CCCN2CCOCC2)cc1C(F)(F)F)c1ccc(Oc2cccnn2)cn1. The molecule has 0 aliphatic carbocycles. The molecule has 0 spiro atoms. The first-order valence-electron chi connectivity index (χ1n) is 12.6. The van der Waals surface area contributed by atoms with E-state index in [-0.39, 0.29) is 18.1 Å². The van der Waals surface area contributed by atoms with Crippen molar-refractivity contribution in [2.75, 3.05) is 38.6 Å². The van der Waals surface area contributed by atoms with Crippen LogP contribution in [0.4, 0.5) is 13.2 Å². The van der Waals surface area contributed by atoms with Crippen LogP contribution in [0.2, 0.25) is 0 Å². The maximum atomic E-state index is 13.9. The average Bonchev–Trinajstić information content (AvgIpc) is 2.94. The number of carbonyl (C=O) groups excluding carboxylic acids is 1. The number of hydrogen-bond acceptors (Lipinski definition) is 10. The minimum atomic E-state index is -4.88. The molecule has 0 saturated carbocycles. The topological polar surface area (TPSA) is 133 Å². The summed E-state index contributed by atoms with van der Waals surface area (Å²) in [6.45, 7) is 4.49. The predicted octanol–water partition coefficient (Wildman–Crippen LogP) is 3.60. The van der Waals surface area contributed by atoms with Crippen LogP contribution in [-0.2, 0) is 20.9 Å². The predicted molar refractivity (Wildman–Crippen MR) is 140 cm³/mol. The molecule has 1 aliphatic heterocycles. The smallest absolute Gasteiger partial charge is 0.419 e. The summed E-state index contributed by atoms with van der Waals surface area (Å²) in [5, 5.41) is 7.49. The van der Waals surface area contributed by atoms with Gasteiger partial charge in [-0.1, -0.05) is 0 Å². The number of nitrogens with zero attached hydrogens (tertiary/aromatic N) is 4. The van der Waals surface area contributed by atoms with E-state index in [4.69, 9.17) is 14.2 Å². The first kappa shape index (κ1) is 30.1. The van der Waals surface area contributed by atoms with E-state index in [1.807, 2.05) is 9.62 Å². The Kier molecular flexibility index (Phi) is 9.73. The fraction of sp³-hybridized carbons (Fsp3) is 0.385. The van der Waals surface area contributed by atoms with Crippen LogP contribution >= 0.6 is 0 Å². The van der Waals surface area contributed by atoms with Crippen molar-refractivity contribution < 1.29 is 40.6 Å². The van der Waals surface area contributed by atoms with Gasteiger partial charge in [0.25, 0.3) is 5.91 Å². The largest absolute Gasteiger partial charge is 0.484 e. The number of rotatable bonds is 11. The molecule has 1 aliphatic rings. The Morgan fingerprint density at radius 1 is 1.17 bits per heavy atom. The molecule has 3 heterocycles. The first-order chi connectivity index (χ1) is 19.5. The second-order valence-corrected chi connectivity index (χ2v) is 11.0. The van der Waals surface area contributed by atoms with Gasteiger partial charge in [0, 0.05) is 30.9 Å². The van der Waals surface area contributed by atoms with E-state index in [0.29, 0.717) is 50.4 Å². The maximum absolute atomic E-state index is 13.9. The molecule has 0 bridgehead atoms. The number of morpholine rings is 1. The Bertz CT molecular complexity index is 1420. The molecule has 220 valence electrons. The van der Waals surface area contributed by atoms with Gasteiger partial charge in [-0.25, -0.2) is 13.1 Å². The molecule has 11 nitrogen and oxygen atoms in total. The number of pyridine rings is 1. The van der Waals surface area contributed by atoms with Crippen molar-refractivity contribution in [2.45, 2.75) is 25.6 Å². The molecule has 2 aromatic heterocycles. The zero-order valence-corrected chi connectivity index (χ0v) is 22.8. The van der Waals surface area contributed by atoms with E-state index in [2.05, 4.69) is 15.2 Å². The lowest BCUT2D eigenvalue weighted by molar-refractivity contribution is -0.139. The van der Waals surface area contributed by atoms with Crippen molar-refractivity contribution in [3.05, 3.63) is 71.7 Å². The van der Waals surface area contributed by atoms with Crippen molar-refractivity contribution in [1.29, 1.82) is 0 Å². The molecule has 1 atom stereocenters. The third-order valence-electron chi connectivity index (χ3n) is 6.04. The van der Waals surface area contributed by atoms with Gasteiger partial charge in [-0.3, -0.25) is 14.7 Å². The molecule has 41 heavy (non-hydrogen) atoms. The summed E-state index contributed by atoms with van der Waals surface area (Å²) in [4.78, 5) is 18.8. The highest BCUT2D eigenvalue weighted by atomic mass is 32.2. The fourth-order valence-corrected chi connectivity index (χ4v) is 4.97. The molecular weight excluding hydrogens is 567 g/mol. The minimum Gasteiger partial charge on any atom is -0.484 e. The summed E-state index contributed by atoms with van der Waals surface area (Å²) in [6.07, 6.45) is -2.69. The highest BCUT2D eigenvalue weighted by Gasteiger charge is 2.36. The number of hydrogen-bond donors (Lipinski definition) is 1. The van der Waals surface area contributed by atoms with E-state index in [1.54, 1.807) is 18.2 Å². The van der Waals surface area contributed by atoms with Gasteiger partial charge in [-0.2, -0.15) is 18.3 Å². The van der Waals surface area contributed by atoms with Gasteiger partial charge in [0.05, 0.1) is 36.4 Å². The number of benzene rings is 1. The summed E-state index contributed by atoms with van der Waals surface area (Å²) in [5.74, 6) is -1.48. The van der Waals surface area contributed by atoms with Crippen molar-refractivity contribution in [3.8, 4) is 17.4 Å². The minimum absolute atomic E-state index is 0.242. The molecule has 3 aromatic rings. The molecule has 1 fully saturated rings. The Labute approximate surface area is 234 Å². The molecule has 1 amide bonds. The maximum Gasteiger partial charge on any atom is 0.419 e. The average molecular weight is 596 g/mol. The number of amides is 1. The van der Waals surface area contributed by atoms with Crippen LogP contribution in [0.25, 0.3) is 0 Å². The molecule has 1 saturated heterocycles. The third kappa shape index (κ3) is 8.83. The number of ether oxygens (including phenoxy) is 3. The van der Waals surface area contributed by atoms with Crippen LogP contribution in [0, 0.1) is 0 Å². The van der Waals surface area contributed by atoms with Crippen LogP contribution in [-0.4, -0.2) is 73.0 Å². The molecule has 15 heteroatoms. The second kappa shape index (κ2) is 13.2. The van der Waals surface area contributed by atoms with E-state index in [1.165, 1.54) is 25.4 Å².